The summed E-state index contributed by atoms with van der Waals surface area (Å²) in [6, 6.07) is 0. The Morgan fingerprint density at radius 1 is 1.43 bits per heavy atom. The lowest BCUT2D eigenvalue weighted by molar-refractivity contribution is 0.366. The molecule has 0 amide bonds. The predicted molar refractivity (Wildman–Crippen MR) is 57.0 cm³/mol. The molecule has 0 saturated carbocycles. The zero-order valence-electron chi connectivity index (χ0n) is 9.19. The van der Waals surface area contributed by atoms with Crippen LogP contribution in [0.3, 0.4) is 0 Å². The number of nitrogen functional groups attached to an aromatic ring is 1. The van der Waals surface area contributed by atoms with Gasteiger partial charge in [-0.05, 0) is 20.5 Å². The number of hydrogen-bond donors (Lipinski definition) is 1. The number of nitrogens with zero attached hydrogens (tertiary/aromatic N) is 4. The number of likely N-dealkylation sites (N-methyl/N-ethyl adjacent to an activating group) is 1. The number of hydrogen-bond acceptors (Lipinski definition) is 4. The summed E-state index contributed by atoms with van der Waals surface area (Å²) in [7, 11) is 4.08. The Morgan fingerprint density at radius 3 is 2.71 bits per heavy atom. The SMILES string of the molecule is CCCc1c(N)nnn1CCN(C)C. The van der Waals surface area contributed by atoms with E-state index in [2.05, 4.69) is 22.1 Å². The number of aromatic nitrogens is 3. The van der Waals surface area contributed by atoms with E-state index in [-0.39, 0.29) is 0 Å². The third kappa shape index (κ3) is 2.70. The summed E-state index contributed by atoms with van der Waals surface area (Å²) in [5.74, 6) is 0.575. The third-order valence-corrected chi connectivity index (χ3v) is 2.11. The van der Waals surface area contributed by atoms with E-state index >= 15 is 0 Å². The average Bonchev–Trinajstić information content (AvgIpc) is 2.46. The predicted octanol–water partition coefficient (Wildman–Crippen LogP) is 0.374. The highest BCUT2D eigenvalue weighted by atomic mass is 15.4. The molecule has 0 fully saturated rings. The van der Waals surface area contributed by atoms with E-state index in [9.17, 15) is 0 Å². The Hall–Kier alpha value is -1.10. The van der Waals surface area contributed by atoms with Crippen LogP contribution in [0.25, 0.3) is 0 Å². The van der Waals surface area contributed by atoms with Crippen LogP contribution in [0.2, 0.25) is 0 Å². The molecule has 5 heteroatoms. The lowest BCUT2D eigenvalue weighted by Crippen LogP contribution is -2.20. The minimum absolute atomic E-state index is 0.575. The van der Waals surface area contributed by atoms with Crippen molar-refractivity contribution in [3.8, 4) is 0 Å². The van der Waals surface area contributed by atoms with Crippen LogP contribution in [0, 0.1) is 0 Å². The quantitative estimate of drug-likeness (QED) is 0.741. The summed E-state index contributed by atoms with van der Waals surface area (Å²) >= 11 is 0. The zero-order valence-corrected chi connectivity index (χ0v) is 9.19. The molecule has 2 N–H and O–H groups in total. The molecule has 0 aliphatic carbocycles. The average molecular weight is 197 g/mol. The number of rotatable bonds is 5. The fraction of sp³-hybridized carbons (Fsp3) is 0.778. The van der Waals surface area contributed by atoms with Gasteiger partial charge in [-0.3, -0.25) is 0 Å². The molecule has 1 aromatic heterocycles. The number of nitrogens with two attached hydrogens (primary N) is 1. The molecule has 0 radical (unpaired) electrons. The monoisotopic (exact) mass is 197 g/mol. The van der Waals surface area contributed by atoms with Crippen LogP contribution in [0.4, 0.5) is 5.82 Å². The van der Waals surface area contributed by atoms with Crippen LogP contribution in [-0.2, 0) is 13.0 Å². The van der Waals surface area contributed by atoms with Gasteiger partial charge < -0.3 is 10.6 Å². The number of anilines is 1. The highest BCUT2D eigenvalue weighted by molar-refractivity contribution is 5.32. The van der Waals surface area contributed by atoms with E-state index in [0.29, 0.717) is 5.82 Å². The van der Waals surface area contributed by atoms with E-state index in [0.717, 1.165) is 31.6 Å². The fourth-order valence-corrected chi connectivity index (χ4v) is 1.31. The second-order valence-corrected chi connectivity index (χ2v) is 3.70. The Morgan fingerprint density at radius 2 is 2.14 bits per heavy atom. The van der Waals surface area contributed by atoms with E-state index in [1.807, 2.05) is 18.8 Å². The van der Waals surface area contributed by atoms with Gasteiger partial charge in [0.1, 0.15) is 0 Å². The molecule has 0 aliphatic rings. The van der Waals surface area contributed by atoms with Gasteiger partial charge in [0.05, 0.1) is 12.2 Å². The van der Waals surface area contributed by atoms with Gasteiger partial charge >= 0.3 is 0 Å². The van der Waals surface area contributed by atoms with Crippen molar-refractivity contribution in [1.82, 2.24) is 19.9 Å². The zero-order chi connectivity index (χ0) is 10.6. The van der Waals surface area contributed by atoms with Gasteiger partial charge in [0.2, 0.25) is 0 Å². The van der Waals surface area contributed by atoms with Gasteiger partial charge in [-0.2, -0.15) is 0 Å². The van der Waals surface area contributed by atoms with Gasteiger partial charge in [0.25, 0.3) is 0 Å². The molecule has 0 aliphatic heterocycles. The maximum Gasteiger partial charge on any atom is 0.169 e. The molecule has 1 aromatic rings. The van der Waals surface area contributed by atoms with Crippen LogP contribution < -0.4 is 5.73 Å². The molecule has 5 nitrogen and oxygen atoms in total. The standard InChI is InChI=1S/C9H19N5/c1-4-5-8-9(10)11-12-14(8)7-6-13(2)3/h4-7,10H2,1-3H3. The van der Waals surface area contributed by atoms with E-state index in [1.165, 1.54) is 0 Å². The first-order chi connectivity index (χ1) is 6.65. The maximum atomic E-state index is 5.73. The minimum Gasteiger partial charge on any atom is -0.381 e. The van der Waals surface area contributed by atoms with Crippen LogP contribution in [-0.4, -0.2) is 40.5 Å². The van der Waals surface area contributed by atoms with E-state index in [4.69, 9.17) is 5.73 Å². The first-order valence-electron chi connectivity index (χ1n) is 4.97. The molecule has 1 rings (SSSR count). The summed E-state index contributed by atoms with van der Waals surface area (Å²) in [6.07, 6.45) is 2.02. The van der Waals surface area contributed by atoms with Crippen molar-refractivity contribution in [2.45, 2.75) is 26.3 Å². The van der Waals surface area contributed by atoms with Gasteiger partial charge in [-0.1, -0.05) is 18.6 Å². The lowest BCUT2D eigenvalue weighted by atomic mass is 10.2. The lowest BCUT2D eigenvalue weighted by Gasteiger charge is -2.10. The van der Waals surface area contributed by atoms with Crippen LogP contribution in [0.15, 0.2) is 0 Å². The topological polar surface area (TPSA) is 60.0 Å². The molecule has 0 atom stereocenters. The summed E-state index contributed by atoms with van der Waals surface area (Å²) in [5.41, 5.74) is 6.79. The molecule has 0 unspecified atom stereocenters. The Balaban J connectivity index is 2.65. The van der Waals surface area contributed by atoms with Crippen molar-refractivity contribution in [1.29, 1.82) is 0 Å². The molecule has 0 saturated heterocycles. The smallest absolute Gasteiger partial charge is 0.169 e. The Labute approximate surface area is 84.9 Å². The van der Waals surface area contributed by atoms with Crippen molar-refractivity contribution in [3.63, 3.8) is 0 Å². The van der Waals surface area contributed by atoms with Crippen LogP contribution >= 0.6 is 0 Å². The highest BCUT2D eigenvalue weighted by Gasteiger charge is 2.08. The highest BCUT2D eigenvalue weighted by Crippen LogP contribution is 2.09. The normalized spacial score (nSPS) is 11.1. The first-order valence-corrected chi connectivity index (χ1v) is 4.97. The van der Waals surface area contributed by atoms with Gasteiger partial charge in [0, 0.05) is 6.54 Å². The molecule has 14 heavy (non-hydrogen) atoms. The molecular weight excluding hydrogens is 178 g/mol. The molecule has 0 spiro atoms. The van der Waals surface area contributed by atoms with Gasteiger partial charge in [-0.15, -0.1) is 5.10 Å². The molecule has 0 bridgehead atoms. The molecule has 0 aromatic carbocycles. The van der Waals surface area contributed by atoms with Gasteiger partial charge in [0.15, 0.2) is 5.82 Å². The van der Waals surface area contributed by atoms with Crippen molar-refractivity contribution in [3.05, 3.63) is 5.69 Å². The summed E-state index contributed by atoms with van der Waals surface area (Å²) in [5, 5.41) is 7.91. The maximum absolute atomic E-state index is 5.73. The summed E-state index contributed by atoms with van der Waals surface area (Å²) in [4.78, 5) is 2.12. The largest absolute Gasteiger partial charge is 0.381 e. The van der Waals surface area contributed by atoms with Gasteiger partial charge in [-0.25, -0.2) is 4.68 Å². The van der Waals surface area contributed by atoms with Crippen LogP contribution in [0.5, 0.6) is 0 Å². The third-order valence-electron chi connectivity index (χ3n) is 2.11. The first kappa shape index (κ1) is 11.0. The summed E-state index contributed by atoms with van der Waals surface area (Å²) in [6.45, 7) is 3.94. The van der Waals surface area contributed by atoms with E-state index < -0.39 is 0 Å². The fourth-order valence-electron chi connectivity index (χ4n) is 1.31. The Kier molecular flexibility index (Phi) is 3.88. The molecular formula is C9H19N5. The van der Waals surface area contributed by atoms with Crippen LogP contribution in [0.1, 0.15) is 19.0 Å². The van der Waals surface area contributed by atoms with Crippen molar-refractivity contribution >= 4 is 5.82 Å². The second kappa shape index (κ2) is 4.95. The Bertz CT molecular complexity index is 279. The van der Waals surface area contributed by atoms with Crippen molar-refractivity contribution in [2.24, 2.45) is 0 Å². The van der Waals surface area contributed by atoms with E-state index in [1.54, 1.807) is 0 Å². The van der Waals surface area contributed by atoms with Crippen molar-refractivity contribution < 1.29 is 0 Å². The second-order valence-electron chi connectivity index (χ2n) is 3.70. The molecule has 1 heterocycles. The molecule has 80 valence electrons. The minimum atomic E-state index is 0.575. The summed E-state index contributed by atoms with van der Waals surface area (Å²) < 4.78 is 1.90. The van der Waals surface area contributed by atoms with Crippen molar-refractivity contribution in [2.75, 3.05) is 26.4 Å².